The van der Waals surface area contributed by atoms with Crippen molar-refractivity contribution in [2.24, 2.45) is 0 Å². The molecule has 0 atom stereocenters. The zero-order valence-electron chi connectivity index (χ0n) is 11.8. The minimum Gasteiger partial charge on any atom is -0.360 e. The van der Waals surface area contributed by atoms with E-state index in [1.807, 2.05) is 36.6 Å². The van der Waals surface area contributed by atoms with Crippen LogP contribution >= 0.6 is 27.3 Å². The fraction of sp³-hybridized carbons (Fsp3) is 0.133. The van der Waals surface area contributed by atoms with Crippen molar-refractivity contribution in [1.82, 2.24) is 9.97 Å². The highest BCUT2D eigenvalue weighted by molar-refractivity contribution is 9.10. The number of aromatic nitrogens is 2. The standard InChI is InChI=1S/C15H13BrN4OS/c1-9-6-10(16)2-3-12(9)20-13(21)7-17-14-11-4-5-22-15(11)19-8-18-14/h2-6,8H,7H2,1H3,(H,20,21)(H,17,18,19). The lowest BCUT2D eigenvalue weighted by Gasteiger charge is -2.10. The summed E-state index contributed by atoms with van der Waals surface area (Å²) in [5.41, 5.74) is 1.81. The first-order chi connectivity index (χ1) is 10.6. The van der Waals surface area contributed by atoms with Gasteiger partial charge < -0.3 is 10.6 Å². The van der Waals surface area contributed by atoms with Gasteiger partial charge >= 0.3 is 0 Å². The molecule has 112 valence electrons. The Hall–Kier alpha value is -1.99. The number of hydrogen-bond donors (Lipinski definition) is 2. The maximum atomic E-state index is 12.1. The van der Waals surface area contributed by atoms with Gasteiger partial charge in [0, 0.05) is 10.2 Å². The Morgan fingerprint density at radius 3 is 3.00 bits per heavy atom. The summed E-state index contributed by atoms with van der Waals surface area (Å²) in [7, 11) is 0. The van der Waals surface area contributed by atoms with Crippen LogP contribution in [0, 0.1) is 6.92 Å². The van der Waals surface area contributed by atoms with Gasteiger partial charge in [-0.3, -0.25) is 4.79 Å². The molecule has 22 heavy (non-hydrogen) atoms. The largest absolute Gasteiger partial charge is 0.360 e. The predicted octanol–water partition coefficient (Wildman–Crippen LogP) is 3.81. The lowest BCUT2D eigenvalue weighted by molar-refractivity contribution is -0.114. The van der Waals surface area contributed by atoms with Crippen molar-refractivity contribution in [2.75, 3.05) is 17.2 Å². The van der Waals surface area contributed by atoms with Crippen molar-refractivity contribution < 1.29 is 4.79 Å². The van der Waals surface area contributed by atoms with Crippen molar-refractivity contribution >= 4 is 54.9 Å². The Morgan fingerprint density at radius 1 is 1.32 bits per heavy atom. The molecule has 1 aromatic carbocycles. The van der Waals surface area contributed by atoms with E-state index in [9.17, 15) is 4.79 Å². The zero-order chi connectivity index (χ0) is 15.5. The molecule has 2 heterocycles. The van der Waals surface area contributed by atoms with E-state index < -0.39 is 0 Å². The number of fused-ring (bicyclic) bond motifs is 1. The van der Waals surface area contributed by atoms with Gasteiger partial charge in [-0.1, -0.05) is 15.9 Å². The van der Waals surface area contributed by atoms with E-state index in [1.54, 1.807) is 11.3 Å². The summed E-state index contributed by atoms with van der Waals surface area (Å²) >= 11 is 4.95. The Labute approximate surface area is 139 Å². The maximum Gasteiger partial charge on any atom is 0.243 e. The summed E-state index contributed by atoms with van der Waals surface area (Å²) in [6.45, 7) is 2.10. The van der Waals surface area contributed by atoms with Crippen molar-refractivity contribution in [3.05, 3.63) is 46.0 Å². The molecule has 2 N–H and O–H groups in total. The van der Waals surface area contributed by atoms with Crippen LogP contribution in [-0.4, -0.2) is 22.4 Å². The second-order valence-corrected chi connectivity index (χ2v) is 6.53. The normalized spacial score (nSPS) is 10.6. The molecule has 1 amide bonds. The molecule has 5 nitrogen and oxygen atoms in total. The number of nitrogens with zero attached hydrogens (tertiary/aromatic N) is 2. The topological polar surface area (TPSA) is 66.9 Å². The number of thiophene rings is 1. The average Bonchev–Trinajstić information content (AvgIpc) is 2.97. The molecule has 3 rings (SSSR count). The summed E-state index contributed by atoms with van der Waals surface area (Å²) in [5, 5.41) is 8.83. The smallest absolute Gasteiger partial charge is 0.243 e. The van der Waals surface area contributed by atoms with E-state index in [0.717, 1.165) is 25.9 Å². The quantitative estimate of drug-likeness (QED) is 0.726. The van der Waals surface area contributed by atoms with Crippen LogP contribution in [0.5, 0.6) is 0 Å². The Morgan fingerprint density at radius 2 is 2.18 bits per heavy atom. The second-order valence-electron chi connectivity index (χ2n) is 4.72. The number of anilines is 2. The van der Waals surface area contributed by atoms with Crippen LogP contribution in [0.4, 0.5) is 11.5 Å². The van der Waals surface area contributed by atoms with E-state index in [1.165, 1.54) is 6.33 Å². The number of nitrogens with one attached hydrogen (secondary N) is 2. The van der Waals surface area contributed by atoms with Crippen molar-refractivity contribution in [1.29, 1.82) is 0 Å². The van der Waals surface area contributed by atoms with Crippen LogP contribution in [0.15, 0.2) is 40.4 Å². The average molecular weight is 377 g/mol. The van der Waals surface area contributed by atoms with E-state index in [2.05, 4.69) is 36.5 Å². The molecule has 0 saturated heterocycles. The first kappa shape index (κ1) is 14.9. The molecule has 0 unspecified atom stereocenters. The predicted molar refractivity (Wildman–Crippen MR) is 93.4 cm³/mol. The molecule has 0 bridgehead atoms. The molecule has 0 aliphatic rings. The Bertz CT molecular complexity index is 833. The number of carbonyl (C=O) groups excluding carboxylic acids is 1. The molecular formula is C15H13BrN4OS. The van der Waals surface area contributed by atoms with Crippen LogP contribution in [0.25, 0.3) is 10.2 Å². The van der Waals surface area contributed by atoms with Gasteiger partial charge in [0.05, 0.1) is 11.9 Å². The van der Waals surface area contributed by atoms with Crippen LogP contribution in [-0.2, 0) is 4.79 Å². The van der Waals surface area contributed by atoms with Gasteiger partial charge in [0.2, 0.25) is 5.91 Å². The monoisotopic (exact) mass is 376 g/mol. The molecule has 0 spiro atoms. The lowest BCUT2D eigenvalue weighted by atomic mass is 10.2. The van der Waals surface area contributed by atoms with Gasteiger partial charge in [-0.25, -0.2) is 9.97 Å². The van der Waals surface area contributed by atoms with E-state index in [-0.39, 0.29) is 12.5 Å². The molecular weight excluding hydrogens is 364 g/mol. The van der Waals surface area contributed by atoms with E-state index in [0.29, 0.717) is 5.82 Å². The second kappa shape index (κ2) is 6.41. The summed E-state index contributed by atoms with van der Waals surface area (Å²) in [5.74, 6) is 0.557. The molecule has 0 saturated carbocycles. The molecule has 2 aromatic heterocycles. The van der Waals surface area contributed by atoms with Gasteiger partial charge in [0.1, 0.15) is 17.0 Å². The summed E-state index contributed by atoms with van der Waals surface area (Å²) < 4.78 is 0.988. The zero-order valence-corrected chi connectivity index (χ0v) is 14.2. The fourth-order valence-corrected chi connectivity index (χ4v) is 3.26. The lowest BCUT2D eigenvalue weighted by Crippen LogP contribution is -2.22. The van der Waals surface area contributed by atoms with Gasteiger partial charge in [0.15, 0.2) is 0 Å². The third kappa shape index (κ3) is 3.26. The highest BCUT2D eigenvalue weighted by atomic mass is 79.9. The highest BCUT2D eigenvalue weighted by Gasteiger charge is 2.08. The first-order valence-corrected chi connectivity index (χ1v) is 8.29. The molecule has 0 aliphatic carbocycles. The summed E-state index contributed by atoms with van der Waals surface area (Å²) in [6, 6.07) is 7.68. The number of rotatable bonds is 4. The molecule has 0 fully saturated rings. The van der Waals surface area contributed by atoms with Gasteiger partial charge in [-0.05, 0) is 42.1 Å². The number of benzene rings is 1. The number of amides is 1. The van der Waals surface area contributed by atoms with Crippen LogP contribution in [0.2, 0.25) is 0 Å². The van der Waals surface area contributed by atoms with Gasteiger partial charge in [0.25, 0.3) is 0 Å². The van der Waals surface area contributed by atoms with Crippen molar-refractivity contribution in [3.8, 4) is 0 Å². The van der Waals surface area contributed by atoms with Gasteiger partial charge in [-0.15, -0.1) is 11.3 Å². The highest BCUT2D eigenvalue weighted by Crippen LogP contribution is 2.23. The fourth-order valence-electron chi connectivity index (χ4n) is 2.06. The minimum atomic E-state index is -0.118. The first-order valence-electron chi connectivity index (χ1n) is 6.61. The van der Waals surface area contributed by atoms with E-state index in [4.69, 9.17) is 0 Å². The maximum absolute atomic E-state index is 12.1. The number of aryl methyl sites for hydroxylation is 1. The number of halogens is 1. The summed E-state index contributed by atoms with van der Waals surface area (Å²) in [4.78, 5) is 21.3. The van der Waals surface area contributed by atoms with E-state index >= 15 is 0 Å². The Kier molecular flexibility index (Phi) is 4.35. The van der Waals surface area contributed by atoms with Crippen LogP contribution in [0.1, 0.15) is 5.56 Å². The van der Waals surface area contributed by atoms with Crippen LogP contribution in [0.3, 0.4) is 0 Å². The minimum absolute atomic E-state index is 0.118. The number of hydrogen-bond acceptors (Lipinski definition) is 5. The third-order valence-corrected chi connectivity index (χ3v) is 4.45. The van der Waals surface area contributed by atoms with Crippen LogP contribution < -0.4 is 10.6 Å². The van der Waals surface area contributed by atoms with Crippen molar-refractivity contribution in [2.45, 2.75) is 6.92 Å². The third-order valence-electron chi connectivity index (χ3n) is 3.14. The van der Waals surface area contributed by atoms with Gasteiger partial charge in [-0.2, -0.15) is 0 Å². The molecule has 0 radical (unpaired) electrons. The summed E-state index contributed by atoms with van der Waals surface area (Å²) in [6.07, 6.45) is 1.50. The molecule has 7 heteroatoms. The molecule has 3 aromatic rings. The number of carbonyl (C=O) groups is 1. The Balaban J connectivity index is 1.66. The SMILES string of the molecule is Cc1cc(Br)ccc1NC(=O)CNc1ncnc2sccc12. The molecule has 0 aliphatic heterocycles. The van der Waals surface area contributed by atoms with Crippen molar-refractivity contribution in [3.63, 3.8) is 0 Å².